The number of anilines is 3. The summed E-state index contributed by atoms with van der Waals surface area (Å²) >= 11 is 1.26. The minimum absolute atomic E-state index is 0.00137. The number of benzene rings is 2. The first-order valence-corrected chi connectivity index (χ1v) is 9.94. The first kappa shape index (κ1) is 17.9. The van der Waals surface area contributed by atoms with Gasteiger partial charge in [0.15, 0.2) is 5.13 Å². The molecule has 0 atom stereocenters. The number of nitro groups is 1. The fourth-order valence-electron chi connectivity index (χ4n) is 2.27. The Hall–Kier alpha value is -2.92. The number of nitro benzene ring substituents is 1. The molecule has 11 heteroatoms. The zero-order valence-corrected chi connectivity index (χ0v) is 15.3. The van der Waals surface area contributed by atoms with Gasteiger partial charge < -0.3 is 10.1 Å². The summed E-state index contributed by atoms with van der Waals surface area (Å²) in [4.78, 5) is 14.8. The third kappa shape index (κ3) is 4.00. The Morgan fingerprint density at radius 3 is 2.65 bits per heavy atom. The summed E-state index contributed by atoms with van der Waals surface area (Å²) in [6.45, 7) is 0. The molecule has 3 rings (SSSR count). The minimum Gasteiger partial charge on any atom is -0.494 e. The van der Waals surface area contributed by atoms with Crippen LogP contribution in [-0.4, -0.2) is 31.7 Å². The van der Waals surface area contributed by atoms with Crippen molar-refractivity contribution in [3.8, 4) is 5.75 Å². The Kier molecular flexibility index (Phi) is 4.66. The summed E-state index contributed by atoms with van der Waals surface area (Å²) in [5.41, 5.74) is 1.59. The first-order chi connectivity index (χ1) is 12.2. The molecule has 0 bridgehead atoms. The summed E-state index contributed by atoms with van der Waals surface area (Å²) < 4.78 is 31.0. The van der Waals surface area contributed by atoms with Gasteiger partial charge in [-0.2, -0.15) is 0 Å². The van der Waals surface area contributed by atoms with Gasteiger partial charge in [-0.05, 0) is 18.2 Å². The Labute approximate surface area is 152 Å². The molecule has 0 aliphatic rings. The molecule has 1 heterocycles. The number of nitrogens with one attached hydrogen (secondary N) is 2. The highest BCUT2D eigenvalue weighted by atomic mass is 32.2. The molecule has 0 aliphatic heterocycles. The molecule has 136 valence electrons. The summed E-state index contributed by atoms with van der Waals surface area (Å²) in [5.74, 6) is 0.420. The lowest BCUT2D eigenvalue weighted by Crippen LogP contribution is -2.09. The highest BCUT2D eigenvalue weighted by molar-refractivity contribution is 7.92. The number of aromatic nitrogens is 1. The summed E-state index contributed by atoms with van der Waals surface area (Å²) in [6.07, 6.45) is 1.06. The van der Waals surface area contributed by atoms with Crippen LogP contribution in [0.4, 0.5) is 22.2 Å². The molecule has 26 heavy (non-hydrogen) atoms. The Morgan fingerprint density at radius 1 is 1.23 bits per heavy atom. The van der Waals surface area contributed by atoms with Crippen LogP contribution in [0, 0.1) is 10.1 Å². The molecule has 1 aromatic heterocycles. The van der Waals surface area contributed by atoms with Crippen LogP contribution in [0.15, 0.2) is 36.4 Å². The van der Waals surface area contributed by atoms with Gasteiger partial charge in [0.1, 0.15) is 5.75 Å². The van der Waals surface area contributed by atoms with E-state index < -0.39 is 14.9 Å². The van der Waals surface area contributed by atoms with Crippen LogP contribution in [0.1, 0.15) is 0 Å². The number of rotatable bonds is 6. The number of ether oxygens (including phenoxy) is 1. The van der Waals surface area contributed by atoms with E-state index in [0.29, 0.717) is 32.5 Å². The van der Waals surface area contributed by atoms with Gasteiger partial charge in [0.2, 0.25) is 10.0 Å². The van der Waals surface area contributed by atoms with Gasteiger partial charge in [-0.3, -0.25) is 14.8 Å². The number of nitrogens with zero attached hydrogens (tertiary/aromatic N) is 2. The van der Waals surface area contributed by atoms with Gasteiger partial charge in [-0.1, -0.05) is 11.3 Å². The van der Waals surface area contributed by atoms with E-state index in [0.717, 1.165) is 6.26 Å². The highest BCUT2D eigenvalue weighted by Crippen LogP contribution is 2.35. The second-order valence-electron chi connectivity index (χ2n) is 5.34. The van der Waals surface area contributed by atoms with Gasteiger partial charge in [0, 0.05) is 18.2 Å². The van der Waals surface area contributed by atoms with Crippen molar-refractivity contribution in [2.45, 2.75) is 0 Å². The maximum atomic E-state index is 11.3. The number of non-ortho nitro benzene ring substituents is 1. The third-order valence-corrected chi connectivity index (χ3v) is 4.87. The van der Waals surface area contributed by atoms with E-state index in [4.69, 9.17) is 4.74 Å². The van der Waals surface area contributed by atoms with Gasteiger partial charge >= 0.3 is 0 Å². The van der Waals surface area contributed by atoms with Crippen molar-refractivity contribution < 1.29 is 18.1 Å². The molecule has 0 unspecified atom stereocenters. The van der Waals surface area contributed by atoms with E-state index in [1.807, 2.05) is 0 Å². The normalized spacial score (nSPS) is 11.3. The van der Waals surface area contributed by atoms with Crippen molar-refractivity contribution in [3.05, 3.63) is 46.5 Å². The second kappa shape index (κ2) is 6.77. The average molecular weight is 394 g/mol. The minimum atomic E-state index is -3.39. The van der Waals surface area contributed by atoms with Crippen molar-refractivity contribution in [3.63, 3.8) is 0 Å². The summed E-state index contributed by atoms with van der Waals surface area (Å²) in [6, 6.07) is 9.24. The molecule has 2 N–H and O–H groups in total. The van der Waals surface area contributed by atoms with E-state index >= 15 is 0 Å². The van der Waals surface area contributed by atoms with Crippen LogP contribution in [0.25, 0.3) is 10.2 Å². The van der Waals surface area contributed by atoms with Crippen molar-refractivity contribution in [2.24, 2.45) is 0 Å². The number of thiazole rings is 1. The predicted octanol–water partition coefficient (Wildman–Crippen LogP) is 3.33. The molecule has 0 fully saturated rings. The van der Waals surface area contributed by atoms with Crippen molar-refractivity contribution in [2.75, 3.05) is 23.4 Å². The van der Waals surface area contributed by atoms with Crippen LogP contribution >= 0.6 is 11.3 Å². The molecule has 0 spiro atoms. The molecular formula is C15H14N4O5S2. The summed E-state index contributed by atoms with van der Waals surface area (Å²) in [7, 11) is -1.93. The molecular weight excluding hydrogens is 380 g/mol. The van der Waals surface area contributed by atoms with E-state index in [-0.39, 0.29) is 5.69 Å². The smallest absolute Gasteiger partial charge is 0.270 e. The van der Waals surface area contributed by atoms with Crippen LogP contribution in [0.5, 0.6) is 5.75 Å². The number of sulfonamides is 1. The van der Waals surface area contributed by atoms with Crippen LogP contribution in [0.2, 0.25) is 0 Å². The lowest BCUT2D eigenvalue weighted by molar-refractivity contribution is -0.384. The molecule has 2 aromatic carbocycles. The van der Waals surface area contributed by atoms with Crippen LogP contribution in [-0.2, 0) is 10.0 Å². The third-order valence-electron chi connectivity index (χ3n) is 3.33. The van der Waals surface area contributed by atoms with Crippen molar-refractivity contribution in [1.29, 1.82) is 0 Å². The maximum Gasteiger partial charge on any atom is 0.270 e. The first-order valence-electron chi connectivity index (χ1n) is 7.23. The lowest BCUT2D eigenvalue weighted by Gasteiger charge is -2.11. The number of fused-ring (bicyclic) bond motifs is 1. The number of hydrogen-bond donors (Lipinski definition) is 2. The lowest BCUT2D eigenvalue weighted by atomic mass is 10.2. The molecule has 0 amide bonds. The monoisotopic (exact) mass is 394 g/mol. The van der Waals surface area contributed by atoms with Gasteiger partial charge in [-0.25, -0.2) is 13.4 Å². The van der Waals surface area contributed by atoms with Gasteiger partial charge in [-0.15, -0.1) is 0 Å². The quantitative estimate of drug-likeness (QED) is 0.485. The standard InChI is InChI=1S/C15H14N4O5S2/c1-24-13-7-9(18-26(2,22)23)3-5-11(13)16-15-17-12-6-4-10(19(20)21)8-14(12)25-15/h3-8,18H,1-2H3,(H,16,17). The molecule has 0 saturated carbocycles. The molecule has 3 aromatic rings. The Balaban J connectivity index is 1.90. The largest absolute Gasteiger partial charge is 0.494 e. The Morgan fingerprint density at radius 2 is 2.00 bits per heavy atom. The van der Waals surface area contributed by atoms with E-state index in [9.17, 15) is 18.5 Å². The zero-order chi connectivity index (χ0) is 18.9. The molecule has 9 nitrogen and oxygen atoms in total. The highest BCUT2D eigenvalue weighted by Gasteiger charge is 2.13. The van der Waals surface area contributed by atoms with E-state index in [1.54, 1.807) is 24.3 Å². The van der Waals surface area contributed by atoms with E-state index in [2.05, 4.69) is 15.0 Å². The maximum absolute atomic E-state index is 11.3. The second-order valence-corrected chi connectivity index (χ2v) is 8.12. The van der Waals surface area contributed by atoms with Crippen LogP contribution < -0.4 is 14.8 Å². The number of methoxy groups -OCH3 is 1. The fraction of sp³-hybridized carbons (Fsp3) is 0.133. The molecule has 0 radical (unpaired) electrons. The van der Waals surface area contributed by atoms with Gasteiger partial charge in [0.05, 0.1) is 39.9 Å². The average Bonchev–Trinajstić information content (AvgIpc) is 2.96. The zero-order valence-electron chi connectivity index (χ0n) is 13.7. The summed E-state index contributed by atoms with van der Waals surface area (Å²) in [5, 5.41) is 14.5. The molecule has 0 saturated heterocycles. The predicted molar refractivity (Wildman–Crippen MR) is 101 cm³/mol. The Bertz CT molecular complexity index is 1090. The topological polar surface area (TPSA) is 123 Å². The number of hydrogen-bond acceptors (Lipinski definition) is 8. The van der Waals surface area contributed by atoms with Gasteiger partial charge in [0.25, 0.3) is 5.69 Å². The molecule has 0 aliphatic carbocycles. The SMILES string of the molecule is COc1cc(NS(C)(=O)=O)ccc1Nc1nc2ccc([N+](=O)[O-])cc2s1. The fourth-order valence-corrected chi connectivity index (χ4v) is 3.73. The van der Waals surface area contributed by atoms with Crippen molar-refractivity contribution in [1.82, 2.24) is 4.98 Å². The van der Waals surface area contributed by atoms with Crippen LogP contribution in [0.3, 0.4) is 0 Å². The van der Waals surface area contributed by atoms with Crippen molar-refractivity contribution >= 4 is 53.8 Å². The van der Waals surface area contributed by atoms with E-state index in [1.165, 1.54) is 30.6 Å².